The fourth-order valence-electron chi connectivity index (χ4n) is 2.29. The molecule has 0 radical (unpaired) electrons. The Kier molecular flexibility index (Phi) is 5.26. The summed E-state index contributed by atoms with van der Waals surface area (Å²) in [5.41, 5.74) is 8.66. The number of amides is 1. The first-order valence-electron chi connectivity index (χ1n) is 7.96. The Morgan fingerprint density at radius 1 is 1.00 bits per heavy atom. The molecule has 3 aromatic rings. The van der Waals surface area contributed by atoms with E-state index < -0.39 is 0 Å². The van der Waals surface area contributed by atoms with Crippen LogP contribution in [0.3, 0.4) is 0 Å². The van der Waals surface area contributed by atoms with Gasteiger partial charge in [0, 0.05) is 11.4 Å². The summed E-state index contributed by atoms with van der Waals surface area (Å²) in [5, 5.41) is 2.84. The lowest BCUT2D eigenvalue weighted by Crippen LogP contribution is -2.15. The summed E-state index contributed by atoms with van der Waals surface area (Å²) in [7, 11) is 0. The normalized spacial score (nSPS) is 10.2. The van der Waals surface area contributed by atoms with Gasteiger partial charge >= 0.3 is 0 Å². The number of hydrogen-bond donors (Lipinski definition) is 2. The van der Waals surface area contributed by atoms with E-state index in [4.69, 9.17) is 10.5 Å². The number of nitrogens with one attached hydrogen (secondary N) is 1. The highest BCUT2D eigenvalue weighted by Crippen LogP contribution is 2.17. The first kappa shape index (κ1) is 16.5. The van der Waals surface area contributed by atoms with E-state index in [2.05, 4.69) is 10.3 Å². The molecular weight excluding hydrogens is 314 g/mol. The standard InChI is InChI=1S/C20H19N3O2/c21-16-6-7-18(22-13-16)12-20(24)23-17-8-10-19(11-9-17)25-14-15-4-2-1-3-5-15/h1-11,13H,12,14,21H2,(H,23,24). The second-order valence-electron chi connectivity index (χ2n) is 5.61. The maximum absolute atomic E-state index is 12.0. The van der Waals surface area contributed by atoms with Gasteiger partial charge in [-0.1, -0.05) is 30.3 Å². The van der Waals surface area contributed by atoms with Gasteiger partial charge in [0.15, 0.2) is 0 Å². The number of nitrogens with two attached hydrogens (primary N) is 1. The van der Waals surface area contributed by atoms with Gasteiger partial charge in [0.1, 0.15) is 12.4 Å². The number of benzene rings is 2. The second-order valence-corrected chi connectivity index (χ2v) is 5.61. The Morgan fingerprint density at radius 3 is 2.44 bits per heavy atom. The Bertz CT molecular complexity index is 816. The average Bonchev–Trinajstić information content (AvgIpc) is 2.64. The molecular formula is C20H19N3O2. The predicted molar refractivity (Wildman–Crippen MR) is 98.2 cm³/mol. The van der Waals surface area contributed by atoms with Crippen LogP contribution in [0.2, 0.25) is 0 Å². The molecule has 0 unspecified atom stereocenters. The van der Waals surface area contributed by atoms with Gasteiger partial charge in [0.2, 0.25) is 5.91 Å². The number of anilines is 2. The number of hydrogen-bond acceptors (Lipinski definition) is 4. The van der Waals surface area contributed by atoms with Gasteiger partial charge in [-0.15, -0.1) is 0 Å². The monoisotopic (exact) mass is 333 g/mol. The highest BCUT2D eigenvalue weighted by Gasteiger charge is 2.05. The molecule has 1 aromatic heterocycles. The maximum Gasteiger partial charge on any atom is 0.230 e. The van der Waals surface area contributed by atoms with Crippen LogP contribution in [-0.4, -0.2) is 10.9 Å². The lowest BCUT2D eigenvalue weighted by Gasteiger charge is -2.08. The zero-order valence-electron chi connectivity index (χ0n) is 13.7. The molecule has 0 atom stereocenters. The molecule has 25 heavy (non-hydrogen) atoms. The van der Waals surface area contributed by atoms with Gasteiger partial charge in [0.05, 0.1) is 18.3 Å². The molecule has 0 aliphatic heterocycles. The molecule has 1 heterocycles. The van der Waals surface area contributed by atoms with Crippen LogP contribution in [0.25, 0.3) is 0 Å². The minimum atomic E-state index is -0.129. The van der Waals surface area contributed by atoms with Crippen LogP contribution in [0.5, 0.6) is 5.75 Å². The Balaban J connectivity index is 1.51. The molecule has 2 aromatic carbocycles. The number of nitrogens with zero attached hydrogens (tertiary/aromatic N) is 1. The molecule has 0 aliphatic carbocycles. The van der Waals surface area contributed by atoms with E-state index in [1.807, 2.05) is 54.6 Å². The summed E-state index contributed by atoms with van der Waals surface area (Å²) in [4.78, 5) is 16.2. The molecule has 0 spiro atoms. The summed E-state index contributed by atoms with van der Waals surface area (Å²) >= 11 is 0. The number of carbonyl (C=O) groups excluding carboxylic acids is 1. The number of aromatic nitrogens is 1. The number of carbonyl (C=O) groups is 1. The molecule has 1 amide bonds. The van der Waals surface area contributed by atoms with Gasteiger partial charge in [-0.05, 0) is 42.0 Å². The van der Waals surface area contributed by atoms with Crippen LogP contribution >= 0.6 is 0 Å². The molecule has 3 rings (SSSR count). The van der Waals surface area contributed by atoms with E-state index in [-0.39, 0.29) is 12.3 Å². The van der Waals surface area contributed by atoms with E-state index in [0.717, 1.165) is 11.3 Å². The van der Waals surface area contributed by atoms with Crippen molar-refractivity contribution in [1.29, 1.82) is 0 Å². The lowest BCUT2D eigenvalue weighted by molar-refractivity contribution is -0.115. The number of ether oxygens (including phenoxy) is 1. The second kappa shape index (κ2) is 7.97. The summed E-state index contributed by atoms with van der Waals surface area (Å²) in [6.45, 7) is 0.509. The third-order valence-electron chi connectivity index (χ3n) is 3.58. The average molecular weight is 333 g/mol. The van der Waals surface area contributed by atoms with Crippen LogP contribution in [0.4, 0.5) is 11.4 Å². The molecule has 0 bridgehead atoms. The SMILES string of the molecule is Nc1ccc(CC(=O)Nc2ccc(OCc3ccccc3)cc2)nc1. The van der Waals surface area contributed by atoms with Crippen molar-refractivity contribution in [2.24, 2.45) is 0 Å². The lowest BCUT2D eigenvalue weighted by atomic mass is 10.2. The zero-order valence-corrected chi connectivity index (χ0v) is 13.7. The van der Waals surface area contributed by atoms with Crippen molar-refractivity contribution in [1.82, 2.24) is 4.98 Å². The smallest absolute Gasteiger partial charge is 0.230 e. The zero-order chi connectivity index (χ0) is 17.5. The van der Waals surface area contributed by atoms with Gasteiger partial charge in [-0.25, -0.2) is 0 Å². The van der Waals surface area contributed by atoms with Crippen LogP contribution in [-0.2, 0) is 17.8 Å². The Morgan fingerprint density at radius 2 is 1.76 bits per heavy atom. The van der Waals surface area contributed by atoms with E-state index >= 15 is 0 Å². The van der Waals surface area contributed by atoms with Crippen molar-refractivity contribution in [3.8, 4) is 5.75 Å². The van der Waals surface area contributed by atoms with Crippen molar-refractivity contribution in [2.75, 3.05) is 11.1 Å². The van der Waals surface area contributed by atoms with Gasteiger partial charge in [0.25, 0.3) is 0 Å². The molecule has 0 saturated heterocycles. The van der Waals surface area contributed by atoms with E-state index in [9.17, 15) is 4.79 Å². The van der Waals surface area contributed by atoms with E-state index in [0.29, 0.717) is 23.7 Å². The van der Waals surface area contributed by atoms with Crippen molar-refractivity contribution in [2.45, 2.75) is 13.0 Å². The molecule has 5 nitrogen and oxygen atoms in total. The van der Waals surface area contributed by atoms with Gasteiger partial charge < -0.3 is 15.8 Å². The third-order valence-corrected chi connectivity index (χ3v) is 3.58. The van der Waals surface area contributed by atoms with Crippen LogP contribution in [0.1, 0.15) is 11.3 Å². The minimum absolute atomic E-state index is 0.129. The maximum atomic E-state index is 12.0. The van der Waals surface area contributed by atoms with Crippen LogP contribution in [0, 0.1) is 0 Å². The molecule has 0 aliphatic rings. The van der Waals surface area contributed by atoms with Gasteiger partial charge in [-0.2, -0.15) is 0 Å². The van der Waals surface area contributed by atoms with Crippen molar-refractivity contribution < 1.29 is 9.53 Å². The minimum Gasteiger partial charge on any atom is -0.489 e. The van der Waals surface area contributed by atoms with E-state index in [1.165, 1.54) is 0 Å². The Labute approximate surface area is 146 Å². The van der Waals surface area contributed by atoms with Crippen molar-refractivity contribution >= 4 is 17.3 Å². The predicted octanol–water partition coefficient (Wildman–Crippen LogP) is 3.42. The quantitative estimate of drug-likeness (QED) is 0.724. The first-order chi connectivity index (χ1) is 12.2. The Hall–Kier alpha value is -3.34. The van der Waals surface area contributed by atoms with Crippen molar-refractivity contribution in [3.05, 3.63) is 84.2 Å². The highest BCUT2D eigenvalue weighted by atomic mass is 16.5. The summed E-state index contributed by atoms with van der Waals surface area (Å²) < 4.78 is 5.72. The summed E-state index contributed by atoms with van der Waals surface area (Å²) in [5.74, 6) is 0.622. The summed E-state index contributed by atoms with van der Waals surface area (Å²) in [6, 6.07) is 20.7. The summed E-state index contributed by atoms with van der Waals surface area (Å²) in [6.07, 6.45) is 1.74. The molecule has 126 valence electrons. The topological polar surface area (TPSA) is 77.2 Å². The van der Waals surface area contributed by atoms with E-state index in [1.54, 1.807) is 18.3 Å². The van der Waals surface area contributed by atoms with Crippen LogP contribution in [0.15, 0.2) is 72.9 Å². The highest BCUT2D eigenvalue weighted by molar-refractivity contribution is 5.92. The molecule has 3 N–H and O–H groups in total. The number of nitrogen functional groups attached to an aromatic ring is 1. The van der Waals surface area contributed by atoms with Gasteiger partial charge in [-0.3, -0.25) is 9.78 Å². The largest absolute Gasteiger partial charge is 0.489 e. The fraction of sp³-hybridized carbons (Fsp3) is 0.100. The first-order valence-corrected chi connectivity index (χ1v) is 7.96. The third kappa shape index (κ3) is 5.07. The molecule has 0 fully saturated rings. The molecule has 5 heteroatoms. The van der Waals surface area contributed by atoms with Crippen molar-refractivity contribution in [3.63, 3.8) is 0 Å². The molecule has 0 saturated carbocycles. The van der Waals surface area contributed by atoms with Crippen LogP contribution < -0.4 is 15.8 Å². The number of rotatable bonds is 6. The fourth-order valence-corrected chi connectivity index (χ4v) is 2.29. The number of pyridine rings is 1.